The first-order valence-electron chi connectivity index (χ1n) is 14.1. The lowest BCUT2D eigenvalue weighted by Crippen LogP contribution is -2.58. The van der Waals surface area contributed by atoms with Gasteiger partial charge in [0.25, 0.3) is 0 Å². The molecule has 0 aromatic carbocycles. The summed E-state index contributed by atoms with van der Waals surface area (Å²) in [6, 6.07) is 0. The van der Waals surface area contributed by atoms with Gasteiger partial charge in [-0.05, 0) is 25.7 Å². The van der Waals surface area contributed by atoms with Gasteiger partial charge in [-0.1, -0.05) is 117 Å². The van der Waals surface area contributed by atoms with Crippen molar-refractivity contribution in [1.29, 1.82) is 0 Å². The maximum absolute atomic E-state index is 2.71. The van der Waals surface area contributed by atoms with Crippen LogP contribution in [0.4, 0.5) is 0 Å². The molecule has 1 aliphatic heterocycles. The average Bonchev–Trinajstić information content (AvgIpc) is 2.76. The Hall–Kier alpha value is -0.120. The second kappa shape index (κ2) is 20.8. The Labute approximate surface area is 190 Å². The first-order chi connectivity index (χ1) is 14.8. The molecule has 0 aromatic rings. The van der Waals surface area contributed by atoms with Crippen molar-refractivity contribution in [1.82, 2.24) is 15.1 Å². The summed E-state index contributed by atoms with van der Waals surface area (Å²) in [6.07, 6.45) is 26.6. The van der Waals surface area contributed by atoms with Gasteiger partial charge in [0, 0.05) is 32.7 Å². The summed E-state index contributed by atoms with van der Waals surface area (Å²) in [7, 11) is 0. The maximum atomic E-state index is 2.71. The molecule has 0 spiro atoms. The van der Waals surface area contributed by atoms with Crippen LogP contribution in [0.2, 0.25) is 0 Å². The van der Waals surface area contributed by atoms with E-state index in [4.69, 9.17) is 0 Å². The molecule has 180 valence electrons. The number of hydrogen-bond acceptors (Lipinski definition) is 3. The summed E-state index contributed by atoms with van der Waals surface area (Å²) in [4.78, 5) is 0. The van der Waals surface area contributed by atoms with Gasteiger partial charge in [-0.15, -0.1) is 0 Å². The Morgan fingerprint density at radius 1 is 0.400 bits per heavy atom. The van der Waals surface area contributed by atoms with Crippen molar-refractivity contribution in [3.8, 4) is 0 Å². The fourth-order valence-electron chi connectivity index (χ4n) is 4.77. The quantitative estimate of drug-likeness (QED) is 0.172. The molecule has 0 unspecified atom stereocenters. The van der Waals surface area contributed by atoms with Crippen molar-refractivity contribution in [3.63, 3.8) is 0 Å². The Kier molecular flexibility index (Phi) is 19.3. The zero-order chi connectivity index (χ0) is 21.7. The van der Waals surface area contributed by atoms with Crippen LogP contribution in [0.5, 0.6) is 0 Å². The topological polar surface area (TPSA) is 9.72 Å². The number of nitrogens with zero attached hydrogens (tertiary/aromatic N) is 3. The molecule has 0 amide bonds. The lowest BCUT2D eigenvalue weighted by molar-refractivity contribution is -0.212. The lowest BCUT2D eigenvalue weighted by Gasteiger charge is -2.46. The van der Waals surface area contributed by atoms with Crippen LogP contribution in [-0.4, -0.2) is 47.9 Å². The van der Waals surface area contributed by atoms with Gasteiger partial charge in [-0.25, -0.2) is 10.0 Å². The van der Waals surface area contributed by atoms with E-state index in [0.29, 0.717) is 0 Å². The predicted molar refractivity (Wildman–Crippen MR) is 135 cm³/mol. The molecular weight excluding hydrogens is 366 g/mol. The molecule has 1 aliphatic rings. The summed E-state index contributed by atoms with van der Waals surface area (Å²) < 4.78 is 0. The van der Waals surface area contributed by atoms with E-state index in [1.807, 2.05) is 0 Å². The SMILES string of the molecule is CCCCCCCCN1CCCN(CCCCCCCC)N1CCCCCCCC. The van der Waals surface area contributed by atoms with E-state index in [-0.39, 0.29) is 0 Å². The van der Waals surface area contributed by atoms with E-state index in [1.165, 1.54) is 155 Å². The van der Waals surface area contributed by atoms with Crippen molar-refractivity contribution in [3.05, 3.63) is 0 Å². The van der Waals surface area contributed by atoms with E-state index in [1.54, 1.807) is 0 Å². The minimum atomic E-state index is 1.25. The molecule has 0 aromatic heterocycles. The highest BCUT2D eigenvalue weighted by Gasteiger charge is 2.25. The van der Waals surface area contributed by atoms with Crippen molar-refractivity contribution in [2.24, 2.45) is 0 Å². The van der Waals surface area contributed by atoms with Gasteiger partial charge in [0.2, 0.25) is 0 Å². The highest BCUT2D eigenvalue weighted by molar-refractivity contribution is 4.68. The normalized spacial score (nSPS) is 16.5. The van der Waals surface area contributed by atoms with E-state index < -0.39 is 0 Å². The van der Waals surface area contributed by atoms with Gasteiger partial charge in [0.15, 0.2) is 0 Å². The van der Waals surface area contributed by atoms with Gasteiger partial charge >= 0.3 is 0 Å². The third-order valence-corrected chi connectivity index (χ3v) is 6.74. The number of unbranched alkanes of at least 4 members (excludes halogenated alkanes) is 15. The molecule has 0 bridgehead atoms. The molecule has 0 atom stereocenters. The standard InChI is InChI=1S/C27H57N3/c1-4-7-10-13-16-19-23-28-25-22-26-29(24-20-17-14-11-8-5-2)30(28)27-21-18-15-12-9-6-3/h4-27H2,1-3H3. The molecule has 0 aliphatic carbocycles. The van der Waals surface area contributed by atoms with Gasteiger partial charge in [-0.3, -0.25) is 0 Å². The number of hydrogen-bond donors (Lipinski definition) is 0. The van der Waals surface area contributed by atoms with Crippen molar-refractivity contribution in [2.45, 2.75) is 143 Å². The lowest BCUT2D eigenvalue weighted by atomic mass is 10.1. The first kappa shape index (κ1) is 27.9. The summed E-state index contributed by atoms with van der Waals surface area (Å²) >= 11 is 0. The monoisotopic (exact) mass is 423 g/mol. The van der Waals surface area contributed by atoms with Crippen LogP contribution in [0.15, 0.2) is 0 Å². The summed E-state index contributed by atoms with van der Waals surface area (Å²) in [5, 5.41) is 8.13. The number of hydrazine groups is 2. The van der Waals surface area contributed by atoms with Crippen molar-refractivity contribution >= 4 is 0 Å². The summed E-state index contributed by atoms with van der Waals surface area (Å²) in [5.74, 6) is 0. The fraction of sp³-hybridized carbons (Fsp3) is 1.00. The van der Waals surface area contributed by atoms with Crippen LogP contribution in [-0.2, 0) is 0 Å². The van der Waals surface area contributed by atoms with Gasteiger partial charge < -0.3 is 0 Å². The Morgan fingerprint density at radius 3 is 1.13 bits per heavy atom. The molecular formula is C27H57N3. The molecule has 1 rings (SSSR count). The second-order valence-corrected chi connectivity index (χ2v) is 9.66. The zero-order valence-corrected chi connectivity index (χ0v) is 21.3. The van der Waals surface area contributed by atoms with E-state index >= 15 is 0 Å². The molecule has 0 saturated carbocycles. The first-order valence-corrected chi connectivity index (χ1v) is 14.1. The van der Waals surface area contributed by atoms with Crippen LogP contribution in [0.3, 0.4) is 0 Å². The maximum Gasteiger partial charge on any atom is 0.0293 e. The fourth-order valence-corrected chi connectivity index (χ4v) is 4.77. The van der Waals surface area contributed by atoms with Crippen molar-refractivity contribution < 1.29 is 0 Å². The Morgan fingerprint density at radius 2 is 0.733 bits per heavy atom. The van der Waals surface area contributed by atoms with E-state index in [2.05, 4.69) is 35.9 Å². The largest absolute Gasteiger partial charge is 0.228 e. The summed E-state index contributed by atoms with van der Waals surface area (Å²) in [6.45, 7) is 13.3. The highest BCUT2D eigenvalue weighted by atomic mass is 15.9. The molecule has 0 N–H and O–H groups in total. The Bertz CT molecular complexity index is 323. The molecule has 0 radical (unpaired) electrons. The zero-order valence-electron chi connectivity index (χ0n) is 21.3. The Balaban J connectivity index is 2.39. The predicted octanol–water partition coefficient (Wildman–Crippen LogP) is 8.21. The summed E-state index contributed by atoms with van der Waals surface area (Å²) in [5.41, 5.74) is 0. The molecule has 1 saturated heterocycles. The number of rotatable bonds is 21. The molecule has 1 fully saturated rings. The van der Waals surface area contributed by atoms with Crippen LogP contribution in [0.1, 0.15) is 143 Å². The second-order valence-electron chi connectivity index (χ2n) is 9.66. The smallest absolute Gasteiger partial charge is 0.0293 e. The third-order valence-electron chi connectivity index (χ3n) is 6.74. The minimum Gasteiger partial charge on any atom is -0.228 e. The molecule has 30 heavy (non-hydrogen) atoms. The average molecular weight is 424 g/mol. The molecule has 3 heteroatoms. The van der Waals surface area contributed by atoms with Gasteiger partial charge in [0.05, 0.1) is 0 Å². The van der Waals surface area contributed by atoms with Crippen molar-refractivity contribution in [2.75, 3.05) is 32.7 Å². The van der Waals surface area contributed by atoms with E-state index in [9.17, 15) is 0 Å². The van der Waals surface area contributed by atoms with Gasteiger partial charge in [0.1, 0.15) is 0 Å². The van der Waals surface area contributed by atoms with Crippen LogP contribution < -0.4 is 0 Å². The van der Waals surface area contributed by atoms with Crippen LogP contribution >= 0.6 is 0 Å². The minimum absolute atomic E-state index is 1.25. The van der Waals surface area contributed by atoms with Crippen LogP contribution in [0, 0.1) is 0 Å². The van der Waals surface area contributed by atoms with Gasteiger partial charge in [-0.2, -0.15) is 5.12 Å². The van der Waals surface area contributed by atoms with E-state index in [0.717, 1.165) is 0 Å². The highest BCUT2D eigenvalue weighted by Crippen LogP contribution is 2.18. The molecule has 1 heterocycles. The third kappa shape index (κ3) is 14.0. The van der Waals surface area contributed by atoms with Crippen LogP contribution in [0.25, 0.3) is 0 Å². The molecule has 3 nitrogen and oxygen atoms in total.